The maximum absolute atomic E-state index is 13.7. The Hall–Kier alpha value is -4.19. The van der Waals surface area contributed by atoms with Crippen molar-refractivity contribution in [2.45, 2.75) is 13.0 Å². The summed E-state index contributed by atoms with van der Waals surface area (Å²) in [4.78, 5) is 21.6. The van der Waals surface area contributed by atoms with Gasteiger partial charge in [0.1, 0.15) is 41.1 Å². The van der Waals surface area contributed by atoms with Gasteiger partial charge in [0.25, 0.3) is 0 Å². The molecule has 142 valence electrons. The van der Waals surface area contributed by atoms with Crippen molar-refractivity contribution in [1.82, 2.24) is 24.9 Å². The lowest BCUT2D eigenvalue weighted by molar-refractivity contribution is 0.629. The van der Waals surface area contributed by atoms with Gasteiger partial charge >= 0.3 is 0 Å². The third-order valence-corrected chi connectivity index (χ3v) is 4.31. The molecular weight excluding hydrogens is 371 g/mol. The van der Waals surface area contributed by atoms with Crippen LogP contribution in [-0.4, -0.2) is 24.9 Å². The van der Waals surface area contributed by atoms with Crippen molar-refractivity contribution in [1.29, 1.82) is 5.26 Å². The maximum Gasteiger partial charge on any atom is 0.150 e. The van der Waals surface area contributed by atoms with E-state index in [1.807, 2.05) is 19.1 Å². The van der Waals surface area contributed by atoms with E-state index in [-0.39, 0.29) is 11.4 Å². The molecule has 4 rings (SSSR count). The number of nitrogens with one attached hydrogen (secondary N) is 1. The van der Waals surface area contributed by atoms with E-state index in [0.29, 0.717) is 33.9 Å². The van der Waals surface area contributed by atoms with E-state index < -0.39 is 11.9 Å². The zero-order valence-electron chi connectivity index (χ0n) is 15.3. The number of hydrogen-bond donors (Lipinski definition) is 2. The molecule has 0 radical (unpaired) electrons. The summed E-state index contributed by atoms with van der Waals surface area (Å²) in [7, 11) is 0. The van der Waals surface area contributed by atoms with Gasteiger partial charge in [0.05, 0.1) is 28.5 Å². The van der Waals surface area contributed by atoms with Crippen LogP contribution in [0.2, 0.25) is 0 Å². The molecule has 4 aromatic rings. The van der Waals surface area contributed by atoms with E-state index in [1.165, 1.54) is 18.5 Å². The van der Waals surface area contributed by atoms with Crippen LogP contribution in [0.3, 0.4) is 0 Å². The van der Waals surface area contributed by atoms with E-state index in [9.17, 15) is 9.65 Å². The first-order valence-corrected chi connectivity index (χ1v) is 8.72. The number of nitrogens with zero attached hydrogens (tertiary/aromatic N) is 6. The summed E-state index contributed by atoms with van der Waals surface area (Å²) in [6.07, 6.45) is 2.92. The maximum atomic E-state index is 13.7. The first-order valence-electron chi connectivity index (χ1n) is 8.72. The molecule has 0 saturated carbocycles. The van der Waals surface area contributed by atoms with Gasteiger partial charge in [0, 0.05) is 12.3 Å². The molecule has 9 heteroatoms. The predicted octanol–water partition coefficient (Wildman–Crippen LogP) is 3.25. The summed E-state index contributed by atoms with van der Waals surface area (Å²) in [5.74, 6) is -0.0180. The molecular formula is C20H15FN8. The van der Waals surface area contributed by atoms with Gasteiger partial charge in [0.2, 0.25) is 0 Å². The average molecular weight is 386 g/mol. The average Bonchev–Trinajstić information content (AvgIpc) is 2.73. The molecule has 3 aromatic heterocycles. The fourth-order valence-corrected chi connectivity index (χ4v) is 2.93. The van der Waals surface area contributed by atoms with Crippen molar-refractivity contribution in [2.24, 2.45) is 0 Å². The van der Waals surface area contributed by atoms with Crippen LogP contribution in [0, 0.1) is 17.1 Å². The highest BCUT2D eigenvalue weighted by molar-refractivity contribution is 5.78. The molecule has 29 heavy (non-hydrogen) atoms. The quantitative estimate of drug-likeness (QED) is 0.547. The highest BCUT2D eigenvalue weighted by Crippen LogP contribution is 2.29. The summed E-state index contributed by atoms with van der Waals surface area (Å²) in [6.45, 7) is 1.85. The van der Waals surface area contributed by atoms with Crippen molar-refractivity contribution < 1.29 is 4.39 Å². The largest absolute Gasteiger partial charge is 0.382 e. The summed E-state index contributed by atoms with van der Waals surface area (Å²) >= 11 is 0. The second kappa shape index (κ2) is 7.44. The van der Waals surface area contributed by atoms with Crippen LogP contribution in [0.4, 0.5) is 16.0 Å². The molecule has 3 N–H and O–H groups in total. The first kappa shape index (κ1) is 18.2. The fourth-order valence-electron chi connectivity index (χ4n) is 2.93. The molecule has 0 aliphatic heterocycles. The van der Waals surface area contributed by atoms with Gasteiger partial charge in [-0.3, -0.25) is 4.98 Å². The van der Waals surface area contributed by atoms with Gasteiger partial charge < -0.3 is 11.1 Å². The number of rotatable bonds is 4. The SMILES string of the molecule is CC(Nc1ncnc(N)c1C#N)c1nc2ccc(F)cc2nc1-c1ccccn1. The number of benzene rings is 1. The molecule has 1 unspecified atom stereocenters. The van der Waals surface area contributed by atoms with Crippen LogP contribution < -0.4 is 11.1 Å². The number of fused-ring (bicyclic) bond motifs is 1. The van der Waals surface area contributed by atoms with Crippen LogP contribution in [0.1, 0.15) is 24.2 Å². The van der Waals surface area contributed by atoms with Gasteiger partial charge in [-0.25, -0.2) is 24.3 Å². The van der Waals surface area contributed by atoms with E-state index in [2.05, 4.69) is 30.2 Å². The highest BCUT2D eigenvalue weighted by atomic mass is 19.1. The molecule has 1 aromatic carbocycles. The number of halogens is 1. The summed E-state index contributed by atoms with van der Waals surface area (Å²) in [5, 5.41) is 12.5. The third-order valence-electron chi connectivity index (χ3n) is 4.31. The highest BCUT2D eigenvalue weighted by Gasteiger charge is 2.20. The third kappa shape index (κ3) is 3.51. The van der Waals surface area contributed by atoms with Gasteiger partial charge in [-0.05, 0) is 31.2 Å². The van der Waals surface area contributed by atoms with Crippen molar-refractivity contribution in [3.63, 3.8) is 0 Å². The fraction of sp³-hybridized carbons (Fsp3) is 0.100. The van der Waals surface area contributed by atoms with Crippen LogP contribution in [0.25, 0.3) is 22.4 Å². The number of nitrogen functional groups attached to an aromatic ring is 1. The lowest BCUT2D eigenvalue weighted by atomic mass is 10.1. The van der Waals surface area contributed by atoms with E-state index in [0.717, 1.165) is 0 Å². The molecule has 8 nitrogen and oxygen atoms in total. The Morgan fingerprint density at radius 2 is 1.97 bits per heavy atom. The minimum Gasteiger partial charge on any atom is -0.382 e. The lowest BCUT2D eigenvalue weighted by Gasteiger charge is -2.18. The van der Waals surface area contributed by atoms with Crippen molar-refractivity contribution in [3.8, 4) is 17.5 Å². The zero-order chi connectivity index (χ0) is 20.4. The van der Waals surface area contributed by atoms with Crippen molar-refractivity contribution >= 4 is 22.7 Å². The Labute approximate surface area is 165 Å². The number of hydrogen-bond acceptors (Lipinski definition) is 8. The van der Waals surface area contributed by atoms with Gasteiger partial charge in [-0.15, -0.1) is 0 Å². The molecule has 0 aliphatic rings. The van der Waals surface area contributed by atoms with Crippen LogP contribution in [0.15, 0.2) is 48.9 Å². The minimum absolute atomic E-state index is 0.0854. The summed E-state index contributed by atoms with van der Waals surface area (Å²) in [5.41, 5.74) is 8.55. The Bertz CT molecular complexity index is 1240. The molecule has 0 saturated heterocycles. The number of anilines is 2. The number of pyridine rings is 1. The lowest BCUT2D eigenvalue weighted by Crippen LogP contribution is -2.14. The van der Waals surface area contributed by atoms with Crippen molar-refractivity contribution in [2.75, 3.05) is 11.1 Å². The Morgan fingerprint density at radius 1 is 1.10 bits per heavy atom. The van der Waals surface area contributed by atoms with Gasteiger partial charge in [-0.1, -0.05) is 6.07 Å². The van der Waals surface area contributed by atoms with Crippen LogP contribution in [-0.2, 0) is 0 Å². The van der Waals surface area contributed by atoms with Crippen molar-refractivity contribution in [3.05, 3.63) is 66.0 Å². The number of nitriles is 1. The number of aromatic nitrogens is 5. The topological polar surface area (TPSA) is 126 Å². The molecule has 3 heterocycles. The minimum atomic E-state index is -0.407. The normalized spacial score (nSPS) is 11.8. The second-order valence-corrected chi connectivity index (χ2v) is 6.27. The Morgan fingerprint density at radius 3 is 2.72 bits per heavy atom. The van der Waals surface area contributed by atoms with Crippen LogP contribution in [0.5, 0.6) is 0 Å². The molecule has 1 atom stereocenters. The van der Waals surface area contributed by atoms with E-state index >= 15 is 0 Å². The van der Waals surface area contributed by atoms with Gasteiger partial charge in [0.15, 0.2) is 0 Å². The molecule has 0 fully saturated rings. The summed E-state index contributed by atoms with van der Waals surface area (Å²) in [6, 6.07) is 11.3. The Kier molecular flexibility index (Phi) is 4.66. The smallest absolute Gasteiger partial charge is 0.150 e. The predicted molar refractivity (Wildman–Crippen MR) is 106 cm³/mol. The summed E-state index contributed by atoms with van der Waals surface area (Å²) < 4.78 is 13.7. The standard InChI is InChI=1S/C20H15FN8/c1-11(27-20-13(9-22)19(23)25-10-26-20)17-18(15-4-2-3-7-24-15)29-16-8-12(21)5-6-14(16)28-17/h2-8,10-11H,1H3,(H3,23,25,26,27). The monoisotopic (exact) mass is 386 g/mol. The Balaban J connectivity index is 1.85. The number of nitrogens with two attached hydrogens (primary N) is 1. The van der Waals surface area contributed by atoms with Gasteiger partial charge in [-0.2, -0.15) is 5.26 Å². The molecule has 0 amide bonds. The second-order valence-electron chi connectivity index (χ2n) is 6.27. The van der Waals surface area contributed by atoms with Crippen LogP contribution >= 0.6 is 0 Å². The van der Waals surface area contributed by atoms with E-state index in [1.54, 1.807) is 24.4 Å². The molecule has 0 spiro atoms. The molecule has 0 bridgehead atoms. The zero-order valence-corrected chi connectivity index (χ0v) is 15.3. The first-order chi connectivity index (χ1) is 14.1. The van der Waals surface area contributed by atoms with E-state index in [4.69, 9.17) is 5.73 Å². The molecule has 0 aliphatic carbocycles.